The molecule has 3 N–H and O–H groups in total. The smallest absolute Gasteiger partial charge is 0.251 e. The third-order valence-corrected chi connectivity index (χ3v) is 3.29. The summed E-state index contributed by atoms with van der Waals surface area (Å²) in [5.74, 6) is -0.226. The Morgan fingerprint density at radius 1 is 1.21 bits per heavy atom. The summed E-state index contributed by atoms with van der Waals surface area (Å²) in [7, 11) is 0. The summed E-state index contributed by atoms with van der Waals surface area (Å²) in [6.45, 7) is 1.22. The molecule has 0 aliphatic carbocycles. The van der Waals surface area contributed by atoms with Gasteiger partial charge in [0.2, 0.25) is 0 Å². The Morgan fingerprint density at radius 2 is 1.79 bits per heavy atom. The number of anilines is 1. The van der Waals surface area contributed by atoms with E-state index in [2.05, 4.69) is 5.32 Å². The Bertz CT molecular complexity index is 559. The maximum Gasteiger partial charge on any atom is 0.251 e. The average Bonchev–Trinajstić information content (AvgIpc) is 2.88. The highest BCUT2D eigenvalue weighted by Gasteiger charge is 2.10. The molecule has 0 fully saturated rings. The zero-order valence-electron chi connectivity index (χ0n) is 10.1. The molecule has 6 heteroatoms. The summed E-state index contributed by atoms with van der Waals surface area (Å²) in [5.41, 5.74) is 6.30. The SMILES string of the molecule is Nc1c(Cl)cc(C(=O)NCCn2cccc2)cc1Cl. The molecule has 100 valence electrons. The van der Waals surface area contributed by atoms with Crippen LogP contribution in [-0.4, -0.2) is 17.0 Å². The van der Waals surface area contributed by atoms with Crippen molar-refractivity contribution in [2.75, 3.05) is 12.3 Å². The maximum absolute atomic E-state index is 11.9. The first-order chi connectivity index (χ1) is 9.08. The molecule has 0 bridgehead atoms. The average molecular weight is 298 g/mol. The van der Waals surface area contributed by atoms with E-state index in [1.165, 1.54) is 12.1 Å². The van der Waals surface area contributed by atoms with Crippen LogP contribution >= 0.6 is 23.2 Å². The van der Waals surface area contributed by atoms with Gasteiger partial charge in [0, 0.05) is 31.0 Å². The van der Waals surface area contributed by atoms with Crippen molar-refractivity contribution in [3.63, 3.8) is 0 Å². The van der Waals surface area contributed by atoms with Gasteiger partial charge in [-0.05, 0) is 24.3 Å². The number of aromatic nitrogens is 1. The van der Waals surface area contributed by atoms with Crippen molar-refractivity contribution < 1.29 is 4.79 Å². The third-order valence-electron chi connectivity index (χ3n) is 2.66. The Labute approximate surface area is 121 Å². The Kier molecular flexibility index (Phi) is 4.35. The first-order valence-electron chi connectivity index (χ1n) is 5.71. The molecule has 1 aromatic heterocycles. The van der Waals surface area contributed by atoms with E-state index in [0.29, 0.717) is 18.7 Å². The zero-order chi connectivity index (χ0) is 13.8. The van der Waals surface area contributed by atoms with Gasteiger partial charge in [-0.2, -0.15) is 0 Å². The van der Waals surface area contributed by atoms with Gasteiger partial charge < -0.3 is 15.6 Å². The fourth-order valence-corrected chi connectivity index (χ4v) is 2.12. The zero-order valence-corrected chi connectivity index (χ0v) is 11.6. The van der Waals surface area contributed by atoms with E-state index in [-0.39, 0.29) is 21.6 Å². The lowest BCUT2D eigenvalue weighted by molar-refractivity contribution is 0.0952. The normalized spacial score (nSPS) is 10.4. The number of nitrogens with zero attached hydrogens (tertiary/aromatic N) is 1. The molecule has 0 atom stereocenters. The van der Waals surface area contributed by atoms with Gasteiger partial charge in [-0.1, -0.05) is 23.2 Å². The number of hydrogen-bond donors (Lipinski definition) is 2. The summed E-state index contributed by atoms with van der Waals surface area (Å²) in [6, 6.07) is 6.88. The number of carbonyl (C=O) groups excluding carboxylic acids is 1. The van der Waals surface area contributed by atoms with E-state index in [9.17, 15) is 4.79 Å². The molecule has 19 heavy (non-hydrogen) atoms. The Balaban J connectivity index is 1.96. The molecule has 0 aliphatic rings. The highest BCUT2D eigenvalue weighted by molar-refractivity contribution is 6.39. The lowest BCUT2D eigenvalue weighted by atomic mass is 10.2. The van der Waals surface area contributed by atoms with Gasteiger partial charge >= 0.3 is 0 Å². The fourth-order valence-electron chi connectivity index (χ4n) is 1.64. The van der Waals surface area contributed by atoms with Gasteiger partial charge in [0.15, 0.2) is 0 Å². The van der Waals surface area contributed by atoms with E-state index in [4.69, 9.17) is 28.9 Å². The monoisotopic (exact) mass is 297 g/mol. The molecule has 0 unspecified atom stereocenters. The van der Waals surface area contributed by atoms with Crippen LogP contribution in [0.25, 0.3) is 0 Å². The second kappa shape index (κ2) is 5.99. The van der Waals surface area contributed by atoms with Crippen molar-refractivity contribution in [2.24, 2.45) is 0 Å². The summed E-state index contributed by atoms with van der Waals surface area (Å²) >= 11 is 11.8. The lowest BCUT2D eigenvalue weighted by Gasteiger charge is -2.08. The van der Waals surface area contributed by atoms with Gasteiger partial charge in [-0.15, -0.1) is 0 Å². The van der Waals surface area contributed by atoms with Crippen LogP contribution in [0.2, 0.25) is 10.0 Å². The van der Waals surface area contributed by atoms with Crippen LogP contribution in [0.5, 0.6) is 0 Å². The van der Waals surface area contributed by atoms with Crippen LogP contribution < -0.4 is 11.1 Å². The molecule has 2 rings (SSSR count). The predicted octanol–water partition coefficient (Wildman–Crippen LogP) is 2.81. The molecule has 1 heterocycles. The van der Waals surface area contributed by atoms with E-state index in [1.807, 2.05) is 29.1 Å². The number of nitrogen functional groups attached to an aromatic ring is 1. The molecule has 0 aliphatic heterocycles. The van der Waals surface area contributed by atoms with Gasteiger partial charge in [0.05, 0.1) is 15.7 Å². The number of hydrogen-bond acceptors (Lipinski definition) is 2. The van der Waals surface area contributed by atoms with Crippen LogP contribution in [0.3, 0.4) is 0 Å². The molecular weight excluding hydrogens is 285 g/mol. The first kappa shape index (κ1) is 13.8. The molecule has 2 aromatic rings. The number of halogens is 2. The topological polar surface area (TPSA) is 60.1 Å². The van der Waals surface area contributed by atoms with Crippen molar-refractivity contribution in [1.29, 1.82) is 0 Å². The molecule has 0 saturated heterocycles. The Morgan fingerprint density at radius 3 is 2.37 bits per heavy atom. The van der Waals surface area contributed by atoms with E-state index < -0.39 is 0 Å². The minimum atomic E-state index is -0.226. The first-order valence-corrected chi connectivity index (χ1v) is 6.47. The highest BCUT2D eigenvalue weighted by atomic mass is 35.5. The Hall–Kier alpha value is -1.65. The van der Waals surface area contributed by atoms with Gasteiger partial charge in [0.1, 0.15) is 0 Å². The number of nitrogens with two attached hydrogens (primary N) is 1. The largest absolute Gasteiger partial charge is 0.396 e. The number of benzene rings is 1. The summed E-state index contributed by atoms with van der Waals surface area (Å²) in [5, 5.41) is 3.35. The summed E-state index contributed by atoms with van der Waals surface area (Å²) in [4.78, 5) is 11.9. The van der Waals surface area contributed by atoms with Gasteiger partial charge in [-0.25, -0.2) is 0 Å². The molecule has 0 saturated carbocycles. The number of amides is 1. The number of nitrogens with one attached hydrogen (secondary N) is 1. The van der Waals surface area contributed by atoms with Crippen LogP contribution in [0.15, 0.2) is 36.7 Å². The molecular formula is C13H13Cl2N3O. The minimum Gasteiger partial charge on any atom is -0.396 e. The molecule has 0 spiro atoms. The summed E-state index contributed by atoms with van der Waals surface area (Å²) in [6.07, 6.45) is 3.87. The second-order valence-electron chi connectivity index (χ2n) is 4.03. The van der Waals surface area contributed by atoms with E-state index in [1.54, 1.807) is 0 Å². The van der Waals surface area contributed by atoms with Crippen molar-refractivity contribution >= 4 is 34.8 Å². The van der Waals surface area contributed by atoms with Gasteiger partial charge in [0.25, 0.3) is 5.91 Å². The third kappa shape index (κ3) is 3.43. The van der Waals surface area contributed by atoms with Crippen LogP contribution in [0.4, 0.5) is 5.69 Å². The molecule has 4 nitrogen and oxygen atoms in total. The maximum atomic E-state index is 11.9. The summed E-state index contributed by atoms with van der Waals surface area (Å²) < 4.78 is 1.98. The van der Waals surface area contributed by atoms with E-state index >= 15 is 0 Å². The predicted molar refractivity (Wildman–Crippen MR) is 77.6 cm³/mol. The van der Waals surface area contributed by atoms with Crippen molar-refractivity contribution in [3.05, 3.63) is 52.3 Å². The quantitative estimate of drug-likeness (QED) is 0.853. The molecule has 1 amide bonds. The highest BCUT2D eigenvalue weighted by Crippen LogP contribution is 2.28. The van der Waals surface area contributed by atoms with Crippen molar-refractivity contribution in [1.82, 2.24) is 9.88 Å². The number of carbonyl (C=O) groups is 1. The van der Waals surface area contributed by atoms with Crippen molar-refractivity contribution in [2.45, 2.75) is 6.54 Å². The lowest BCUT2D eigenvalue weighted by Crippen LogP contribution is -2.27. The van der Waals surface area contributed by atoms with Crippen LogP contribution in [0.1, 0.15) is 10.4 Å². The van der Waals surface area contributed by atoms with Crippen molar-refractivity contribution in [3.8, 4) is 0 Å². The van der Waals surface area contributed by atoms with E-state index in [0.717, 1.165) is 0 Å². The number of rotatable bonds is 4. The minimum absolute atomic E-state index is 0.226. The molecule has 0 radical (unpaired) electrons. The van der Waals surface area contributed by atoms with Gasteiger partial charge in [-0.3, -0.25) is 4.79 Å². The molecule has 1 aromatic carbocycles. The van der Waals surface area contributed by atoms with Crippen LogP contribution in [0, 0.1) is 0 Å². The van der Waals surface area contributed by atoms with Crippen LogP contribution in [-0.2, 0) is 6.54 Å². The standard InChI is InChI=1S/C13H13Cl2N3O/c14-10-7-9(8-11(15)12(10)16)13(19)17-3-6-18-4-1-2-5-18/h1-2,4-5,7-8H,3,6,16H2,(H,17,19). The second-order valence-corrected chi connectivity index (χ2v) is 4.84. The fraction of sp³-hybridized carbons (Fsp3) is 0.154.